The number of nitrogens with zero attached hydrogens (tertiary/aromatic N) is 2. The molecular formula is C18H19N5. The number of nitrogens with two attached hydrogens (primary N) is 1. The molecule has 0 saturated heterocycles. The van der Waals surface area contributed by atoms with Crippen LogP contribution in [0.5, 0.6) is 0 Å². The van der Waals surface area contributed by atoms with Crippen LogP contribution in [0.1, 0.15) is 11.1 Å². The first-order chi connectivity index (χ1) is 11.3. The maximum Gasteiger partial charge on any atom is 0.209 e. The van der Waals surface area contributed by atoms with Crippen molar-refractivity contribution in [1.82, 2.24) is 10.4 Å². The third kappa shape index (κ3) is 3.97. The van der Waals surface area contributed by atoms with Gasteiger partial charge in [-0.25, -0.2) is 5.43 Å². The molecule has 0 aliphatic heterocycles. The van der Waals surface area contributed by atoms with Crippen LogP contribution in [-0.4, -0.2) is 23.7 Å². The summed E-state index contributed by atoms with van der Waals surface area (Å²) in [7, 11) is 0. The first-order valence-electron chi connectivity index (χ1n) is 7.52. The Bertz CT molecular complexity index is 818. The summed E-state index contributed by atoms with van der Waals surface area (Å²) in [6, 6.07) is 18.3. The highest BCUT2D eigenvalue weighted by Gasteiger charge is 1.99. The molecule has 5 nitrogen and oxygen atoms in total. The second-order valence-electron chi connectivity index (χ2n) is 5.16. The molecule has 1 heterocycles. The van der Waals surface area contributed by atoms with E-state index in [0.717, 1.165) is 22.9 Å². The van der Waals surface area contributed by atoms with Crippen molar-refractivity contribution < 1.29 is 0 Å². The quantitative estimate of drug-likeness (QED) is 0.385. The number of hydrogen-bond donors (Lipinski definition) is 3. The van der Waals surface area contributed by atoms with Gasteiger partial charge in [0.25, 0.3) is 0 Å². The second kappa shape index (κ2) is 7.26. The minimum atomic E-state index is 0.317. The maximum atomic E-state index is 5.81. The van der Waals surface area contributed by atoms with E-state index in [-0.39, 0.29) is 0 Å². The number of aromatic nitrogens is 1. The molecule has 23 heavy (non-hydrogen) atoms. The largest absolute Gasteiger partial charge is 0.369 e. The van der Waals surface area contributed by atoms with Gasteiger partial charge < -0.3 is 10.7 Å². The molecule has 4 N–H and O–H groups in total. The van der Waals surface area contributed by atoms with Gasteiger partial charge in [-0.2, -0.15) is 5.10 Å². The normalized spacial score (nSPS) is 12.1. The van der Waals surface area contributed by atoms with Crippen LogP contribution in [0.15, 0.2) is 70.9 Å². The highest BCUT2D eigenvalue weighted by molar-refractivity contribution is 5.99. The summed E-state index contributed by atoms with van der Waals surface area (Å²) in [5, 5.41) is 5.26. The number of H-pyrrole nitrogens is 1. The topological polar surface area (TPSA) is 78.6 Å². The van der Waals surface area contributed by atoms with E-state index in [1.54, 1.807) is 6.21 Å². The summed E-state index contributed by atoms with van der Waals surface area (Å²) in [6.45, 7) is 0.630. The molecule has 0 fully saturated rings. The molecule has 0 amide bonds. The van der Waals surface area contributed by atoms with Crippen LogP contribution in [0, 0.1) is 0 Å². The van der Waals surface area contributed by atoms with Gasteiger partial charge in [-0.3, -0.25) is 4.99 Å². The molecule has 2 aromatic carbocycles. The Balaban J connectivity index is 1.54. The van der Waals surface area contributed by atoms with Crippen LogP contribution >= 0.6 is 0 Å². The fourth-order valence-corrected chi connectivity index (χ4v) is 2.35. The smallest absolute Gasteiger partial charge is 0.209 e. The van der Waals surface area contributed by atoms with Gasteiger partial charge in [0.2, 0.25) is 5.96 Å². The first-order valence-corrected chi connectivity index (χ1v) is 7.52. The van der Waals surface area contributed by atoms with Crippen LogP contribution < -0.4 is 11.2 Å². The lowest BCUT2D eigenvalue weighted by Gasteiger charge is -2.00. The Morgan fingerprint density at radius 2 is 1.87 bits per heavy atom. The van der Waals surface area contributed by atoms with E-state index in [4.69, 9.17) is 5.73 Å². The average molecular weight is 305 g/mol. The maximum absolute atomic E-state index is 5.81. The van der Waals surface area contributed by atoms with Crippen LogP contribution in [0.2, 0.25) is 0 Å². The van der Waals surface area contributed by atoms with E-state index in [9.17, 15) is 0 Å². The number of aliphatic imine (C=N–C) groups is 1. The van der Waals surface area contributed by atoms with Gasteiger partial charge >= 0.3 is 0 Å². The second-order valence-corrected chi connectivity index (χ2v) is 5.16. The summed E-state index contributed by atoms with van der Waals surface area (Å²) < 4.78 is 0. The molecule has 3 rings (SSSR count). The first kappa shape index (κ1) is 14.8. The highest BCUT2D eigenvalue weighted by Crippen LogP contribution is 2.15. The molecule has 0 bridgehead atoms. The standard InChI is InChI=1S/C18H19N5/c19-18(20-11-10-14-6-2-1-3-7-14)23-22-13-15-12-21-17-9-5-4-8-16(15)17/h1-9,12-13,21H,10-11H2,(H3,19,20,23). The predicted octanol–water partition coefficient (Wildman–Crippen LogP) is 2.65. The van der Waals surface area contributed by atoms with E-state index in [1.165, 1.54) is 5.56 Å². The molecular weight excluding hydrogens is 286 g/mol. The SMILES string of the molecule is NC(=NCCc1ccccc1)NN=Cc1c[nH]c2ccccc12. The van der Waals surface area contributed by atoms with E-state index in [0.29, 0.717) is 12.5 Å². The third-order valence-electron chi connectivity index (χ3n) is 3.53. The summed E-state index contributed by atoms with van der Waals surface area (Å²) in [5.41, 5.74) is 11.9. The molecule has 0 saturated carbocycles. The Labute approximate surface area is 134 Å². The number of nitrogens with one attached hydrogen (secondary N) is 2. The van der Waals surface area contributed by atoms with Gasteiger partial charge in [0, 0.05) is 29.2 Å². The van der Waals surface area contributed by atoms with E-state index in [2.05, 4.69) is 32.6 Å². The number of benzene rings is 2. The minimum absolute atomic E-state index is 0.317. The summed E-state index contributed by atoms with van der Waals surface area (Å²) in [4.78, 5) is 7.46. The molecule has 0 spiro atoms. The van der Waals surface area contributed by atoms with Gasteiger partial charge in [-0.1, -0.05) is 48.5 Å². The van der Waals surface area contributed by atoms with Crippen molar-refractivity contribution in [2.45, 2.75) is 6.42 Å². The Hall–Kier alpha value is -3.08. The van der Waals surface area contributed by atoms with Crippen molar-refractivity contribution in [2.24, 2.45) is 15.8 Å². The Morgan fingerprint density at radius 1 is 1.09 bits per heavy atom. The van der Waals surface area contributed by atoms with Crippen molar-refractivity contribution in [3.63, 3.8) is 0 Å². The fourth-order valence-electron chi connectivity index (χ4n) is 2.35. The van der Waals surface area contributed by atoms with E-state index in [1.807, 2.05) is 48.7 Å². The lowest BCUT2D eigenvalue weighted by Crippen LogP contribution is -2.27. The van der Waals surface area contributed by atoms with Gasteiger partial charge in [-0.05, 0) is 18.1 Å². The molecule has 1 aromatic heterocycles. The van der Waals surface area contributed by atoms with E-state index < -0.39 is 0 Å². The molecule has 116 valence electrons. The van der Waals surface area contributed by atoms with Gasteiger partial charge in [0.15, 0.2) is 0 Å². The third-order valence-corrected chi connectivity index (χ3v) is 3.53. The van der Waals surface area contributed by atoms with Gasteiger partial charge in [0.1, 0.15) is 0 Å². The molecule has 5 heteroatoms. The van der Waals surface area contributed by atoms with Crippen LogP contribution in [0.4, 0.5) is 0 Å². The average Bonchev–Trinajstić information content (AvgIpc) is 2.99. The molecule has 0 unspecified atom stereocenters. The van der Waals surface area contributed by atoms with Gasteiger partial charge in [0.05, 0.1) is 6.21 Å². The van der Waals surface area contributed by atoms with Gasteiger partial charge in [-0.15, -0.1) is 0 Å². The number of guanidine groups is 1. The van der Waals surface area contributed by atoms with Crippen molar-refractivity contribution in [3.05, 3.63) is 71.9 Å². The van der Waals surface area contributed by atoms with Crippen molar-refractivity contribution in [2.75, 3.05) is 6.54 Å². The van der Waals surface area contributed by atoms with Crippen molar-refractivity contribution >= 4 is 23.1 Å². The zero-order valence-corrected chi connectivity index (χ0v) is 12.7. The van der Waals surface area contributed by atoms with Crippen LogP contribution in [0.25, 0.3) is 10.9 Å². The van der Waals surface area contributed by atoms with E-state index >= 15 is 0 Å². The lowest BCUT2D eigenvalue weighted by atomic mass is 10.2. The highest BCUT2D eigenvalue weighted by atomic mass is 15.3. The molecule has 3 aromatic rings. The zero-order valence-electron chi connectivity index (χ0n) is 12.7. The summed E-state index contributed by atoms with van der Waals surface area (Å²) in [5.74, 6) is 0.317. The number of fused-ring (bicyclic) bond motifs is 1. The summed E-state index contributed by atoms with van der Waals surface area (Å²) >= 11 is 0. The number of hydrogen-bond acceptors (Lipinski definition) is 2. The minimum Gasteiger partial charge on any atom is -0.369 e. The molecule has 0 radical (unpaired) electrons. The number of aromatic amines is 1. The Morgan fingerprint density at radius 3 is 2.74 bits per heavy atom. The molecule has 0 aliphatic carbocycles. The molecule has 0 atom stereocenters. The molecule has 0 aliphatic rings. The Kier molecular flexibility index (Phi) is 4.69. The number of para-hydroxylation sites is 1. The van der Waals surface area contributed by atoms with Crippen LogP contribution in [0.3, 0.4) is 0 Å². The number of rotatable bonds is 5. The van der Waals surface area contributed by atoms with Crippen molar-refractivity contribution in [3.8, 4) is 0 Å². The number of hydrazone groups is 1. The zero-order chi connectivity index (χ0) is 15.9. The fraction of sp³-hybridized carbons (Fsp3) is 0.111. The summed E-state index contributed by atoms with van der Waals surface area (Å²) in [6.07, 6.45) is 4.51. The lowest BCUT2D eigenvalue weighted by molar-refractivity contribution is 0.926. The monoisotopic (exact) mass is 305 g/mol. The van der Waals surface area contributed by atoms with Crippen molar-refractivity contribution in [1.29, 1.82) is 0 Å². The van der Waals surface area contributed by atoms with Crippen LogP contribution in [-0.2, 0) is 6.42 Å². The predicted molar refractivity (Wildman–Crippen MR) is 95.7 cm³/mol.